The number of aryl methyl sites for hydroxylation is 2. The molecule has 2 rings (SSSR count). The van der Waals surface area contributed by atoms with Gasteiger partial charge in [0.2, 0.25) is 0 Å². The third-order valence-corrected chi connectivity index (χ3v) is 3.58. The number of hydrogen-bond donors (Lipinski definition) is 0. The molecule has 5 heteroatoms. The van der Waals surface area contributed by atoms with Gasteiger partial charge in [0.15, 0.2) is 11.6 Å². The quantitative estimate of drug-likeness (QED) is 0.617. The summed E-state index contributed by atoms with van der Waals surface area (Å²) in [5.41, 5.74) is 1.64. The lowest BCUT2D eigenvalue weighted by Crippen LogP contribution is -2.08. The molecule has 0 radical (unpaired) electrons. The number of carbonyl (C=O) groups excluding carboxylic acids is 1. The Bertz CT molecular complexity index is 692. The predicted octanol–water partition coefficient (Wildman–Crippen LogP) is 4.10. The molecule has 1 aromatic heterocycles. The van der Waals surface area contributed by atoms with Crippen molar-refractivity contribution in [2.45, 2.75) is 20.8 Å². The van der Waals surface area contributed by atoms with Crippen LogP contribution >= 0.6 is 11.6 Å². The molecule has 0 N–H and O–H groups in total. The number of rotatable bonds is 3. The summed E-state index contributed by atoms with van der Waals surface area (Å²) < 4.78 is 29.6. The number of aromatic nitrogens is 1. The van der Waals surface area contributed by atoms with Gasteiger partial charge in [-0.15, -0.1) is 11.6 Å². The van der Waals surface area contributed by atoms with E-state index in [9.17, 15) is 13.6 Å². The van der Waals surface area contributed by atoms with E-state index in [-0.39, 0.29) is 17.4 Å². The first-order chi connectivity index (χ1) is 9.38. The highest BCUT2D eigenvalue weighted by molar-refractivity contribution is 6.30. The SMILES string of the molecule is Cc1ccc(F)c(-n2c(C)cc(C(=O)CCl)c2C)c1F. The highest BCUT2D eigenvalue weighted by Gasteiger charge is 2.21. The maximum atomic E-state index is 14.2. The number of benzene rings is 1. The smallest absolute Gasteiger partial charge is 0.179 e. The van der Waals surface area contributed by atoms with Crippen molar-refractivity contribution in [3.63, 3.8) is 0 Å². The largest absolute Gasteiger partial charge is 0.313 e. The number of halogens is 3. The van der Waals surface area contributed by atoms with Gasteiger partial charge in [0.1, 0.15) is 11.5 Å². The van der Waals surface area contributed by atoms with E-state index in [0.29, 0.717) is 22.5 Å². The van der Waals surface area contributed by atoms with Gasteiger partial charge in [-0.1, -0.05) is 6.07 Å². The van der Waals surface area contributed by atoms with Crippen LogP contribution in [0.3, 0.4) is 0 Å². The molecule has 0 bridgehead atoms. The first-order valence-corrected chi connectivity index (χ1v) is 6.65. The Kier molecular flexibility index (Phi) is 3.95. The van der Waals surface area contributed by atoms with Gasteiger partial charge in [-0.05, 0) is 38.5 Å². The summed E-state index contributed by atoms with van der Waals surface area (Å²) in [6, 6.07) is 4.20. The molecule has 0 saturated carbocycles. The molecule has 0 saturated heterocycles. The minimum Gasteiger partial charge on any atom is -0.313 e. The Labute approximate surface area is 121 Å². The zero-order valence-corrected chi connectivity index (χ0v) is 12.2. The monoisotopic (exact) mass is 297 g/mol. The van der Waals surface area contributed by atoms with E-state index < -0.39 is 11.6 Å². The summed E-state index contributed by atoms with van der Waals surface area (Å²) in [4.78, 5) is 11.7. The van der Waals surface area contributed by atoms with Gasteiger partial charge in [-0.3, -0.25) is 4.79 Å². The van der Waals surface area contributed by atoms with Gasteiger partial charge >= 0.3 is 0 Å². The van der Waals surface area contributed by atoms with Crippen LogP contribution in [0, 0.1) is 32.4 Å². The van der Waals surface area contributed by atoms with E-state index in [1.165, 1.54) is 16.7 Å². The van der Waals surface area contributed by atoms with Crippen molar-refractivity contribution in [1.82, 2.24) is 4.57 Å². The molecule has 0 aliphatic rings. The lowest BCUT2D eigenvalue weighted by atomic mass is 10.1. The first-order valence-electron chi connectivity index (χ1n) is 6.11. The summed E-state index contributed by atoms with van der Waals surface area (Å²) >= 11 is 5.55. The zero-order valence-electron chi connectivity index (χ0n) is 11.4. The number of nitrogens with zero attached hydrogens (tertiary/aromatic N) is 1. The van der Waals surface area contributed by atoms with E-state index in [1.54, 1.807) is 26.8 Å². The lowest BCUT2D eigenvalue weighted by molar-refractivity contribution is 0.102. The second-order valence-corrected chi connectivity index (χ2v) is 4.97. The summed E-state index contributed by atoms with van der Waals surface area (Å²) in [6.07, 6.45) is 0. The third kappa shape index (κ3) is 2.24. The van der Waals surface area contributed by atoms with E-state index in [1.807, 2.05) is 0 Å². The minimum atomic E-state index is -0.667. The van der Waals surface area contributed by atoms with Crippen molar-refractivity contribution in [3.8, 4) is 5.69 Å². The molecule has 106 valence electrons. The average molecular weight is 298 g/mol. The summed E-state index contributed by atoms with van der Waals surface area (Å²) in [5.74, 6) is -1.72. The van der Waals surface area contributed by atoms with Crippen molar-refractivity contribution in [2.75, 3.05) is 5.88 Å². The van der Waals surface area contributed by atoms with Crippen LogP contribution in [0.15, 0.2) is 18.2 Å². The highest BCUT2D eigenvalue weighted by Crippen LogP contribution is 2.27. The Hall–Kier alpha value is -1.68. The van der Waals surface area contributed by atoms with Gasteiger partial charge in [-0.25, -0.2) is 8.78 Å². The van der Waals surface area contributed by atoms with Gasteiger partial charge in [0, 0.05) is 17.0 Å². The van der Waals surface area contributed by atoms with Gasteiger partial charge in [0.25, 0.3) is 0 Å². The van der Waals surface area contributed by atoms with Crippen molar-refractivity contribution in [1.29, 1.82) is 0 Å². The molecule has 1 heterocycles. The summed E-state index contributed by atoms with van der Waals surface area (Å²) in [6.45, 7) is 4.91. The molecule has 0 atom stereocenters. The Balaban J connectivity index is 2.75. The fourth-order valence-corrected chi connectivity index (χ4v) is 2.45. The van der Waals surface area contributed by atoms with E-state index in [4.69, 9.17) is 11.6 Å². The van der Waals surface area contributed by atoms with Crippen molar-refractivity contribution >= 4 is 17.4 Å². The minimum absolute atomic E-state index is 0.159. The highest BCUT2D eigenvalue weighted by atomic mass is 35.5. The second-order valence-electron chi connectivity index (χ2n) is 4.70. The van der Waals surface area contributed by atoms with Crippen molar-refractivity contribution < 1.29 is 13.6 Å². The van der Waals surface area contributed by atoms with Gasteiger partial charge in [0.05, 0.1) is 5.88 Å². The Morgan fingerprint density at radius 3 is 2.50 bits per heavy atom. The average Bonchev–Trinajstić information content (AvgIpc) is 2.70. The Morgan fingerprint density at radius 1 is 1.25 bits per heavy atom. The van der Waals surface area contributed by atoms with E-state index in [0.717, 1.165) is 0 Å². The molecule has 2 nitrogen and oxygen atoms in total. The van der Waals surface area contributed by atoms with Crippen LogP contribution in [0.4, 0.5) is 8.78 Å². The van der Waals surface area contributed by atoms with E-state index in [2.05, 4.69) is 0 Å². The lowest BCUT2D eigenvalue weighted by Gasteiger charge is -2.13. The number of alkyl halides is 1. The topological polar surface area (TPSA) is 22.0 Å². The van der Waals surface area contributed by atoms with Gasteiger partial charge in [-0.2, -0.15) is 0 Å². The maximum absolute atomic E-state index is 14.2. The van der Waals surface area contributed by atoms with Crippen LogP contribution in [-0.2, 0) is 0 Å². The standard InChI is InChI=1S/C15H14ClF2NO/c1-8-4-5-12(17)15(14(8)18)19-9(2)6-11(10(19)3)13(20)7-16/h4-6H,7H2,1-3H3. The second kappa shape index (κ2) is 5.37. The molecule has 0 spiro atoms. The summed E-state index contributed by atoms with van der Waals surface area (Å²) in [7, 11) is 0. The van der Waals surface area contributed by atoms with Crippen LogP contribution in [0.1, 0.15) is 27.3 Å². The molecule has 0 aliphatic carbocycles. The zero-order chi connectivity index (χ0) is 15.0. The number of carbonyl (C=O) groups is 1. The Morgan fingerprint density at radius 2 is 1.90 bits per heavy atom. The molecule has 20 heavy (non-hydrogen) atoms. The molecule has 0 fully saturated rings. The van der Waals surface area contributed by atoms with Gasteiger partial charge < -0.3 is 4.57 Å². The van der Waals surface area contributed by atoms with E-state index >= 15 is 0 Å². The molecule has 2 aromatic rings. The molecular formula is C15H14ClF2NO. The first kappa shape index (κ1) is 14.7. The van der Waals surface area contributed by atoms with Crippen LogP contribution in [0.5, 0.6) is 0 Å². The number of hydrogen-bond acceptors (Lipinski definition) is 1. The maximum Gasteiger partial charge on any atom is 0.179 e. The normalized spacial score (nSPS) is 10.9. The fourth-order valence-electron chi connectivity index (χ4n) is 2.31. The molecule has 0 amide bonds. The van der Waals surface area contributed by atoms with Crippen molar-refractivity contribution in [3.05, 3.63) is 52.3 Å². The number of Topliss-reactive ketones (excluding diaryl/α,β-unsaturated/α-hetero) is 1. The molecule has 0 aliphatic heterocycles. The number of ketones is 1. The fraction of sp³-hybridized carbons (Fsp3) is 0.267. The van der Waals surface area contributed by atoms with Crippen LogP contribution in [-0.4, -0.2) is 16.2 Å². The van der Waals surface area contributed by atoms with Crippen molar-refractivity contribution in [2.24, 2.45) is 0 Å². The predicted molar refractivity (Wildman–Crippen MR) is 74.9 cm³/mol. The summed E-state index contributed by atoms with van der Waals surface area (Å²) in [5, 5.41) is 0. The molecular weight excluding hydrogens is 284 g/mol. The van der Waals surface area contributed by atoms with Crippen LogP contribution in [0.2, 0.25) is 0 Å². The van der Waals surface area contributed by atoms with Crippen LogP contribution < -0.4 is 0 Å². The molecule has 0 unspecified atom stereocenters. The molecule has 1 aromatic carbocycles. The van der Waals surface area contributed by atoms with Crippen LogP contribution in [0.25, 0.3) is 5.69 Å². The third-order valence-electron chi connectivity index (χ3n) is 3.34.